The fourth-order valence-corrected chi connectivity index (χ4v) is 2.25. The number of carbonyl (C=O) groups excluding carboxylic acids is 1. The molecule has 0 radical (unpaired) electrons. The Hall–Kier alpha value is -2.54. The smallest absolute Gasteiger partial charge is 0.271 e. The maximum Gasteiger partial charge on any atom is 0.271 e. The van der Waals surface area contributed by atoms with Crippen molar-refractivity contribution in [3.05, 3.63) is 53.3 Å². The molecule has 3 aromatic rings. The first-order valence-electron chi connectivity index (χ1n) is 5.83. The summed E-state index contributed by atoms with van der Waals surface area (Å²) in [6, 6.07) is 1.80. The summed E-state index contributed by atoms with van der Waals surface area (Å²) in [5.74, 6) is -0.227. The zero-order valence-electron chi connectivity index (χ0n) is 10.3. The molecule has 3 aromatic heterocycles. The van der Waals surface area contributed by atoms with E-state index >= 15 is 0 Å². The fourth-order valence-electron chi connectivity index (χ4n) is 1.72. The molecule has 0 aliphatic heterocycles. The molecule has 3 heterocycles. The first-order valence-corrected chi connectivity index (χ1v) is 6.77. The Morgan fingerprint density at radius 3 is 2.95 bits per heavy atom. The molecule has 100 valence electrons. The van der Waals surface area contributed by atoms with Gasteiger partial charge < -0.3 is 9.73 Å². The Morgan fingerprint density at radius 2 is 2.20 bits per heavy atom. The molecule has 6 nitrogen and oxygen atoms in total. The van der Waals surface area contributed by atoms with Gasteiger partial charge in [-0.3, -0.25) is 14.8 Å². The van der Waals surface area contributed by atoms with Crippen LogP contribution >= 0.6 is 11.3 Å². The molecule has 0 saturated heterocycles. The second-order valence-electron chi connectivity index (χ2n) is 3.92. The molecule has 0 aliphatic rings. The molecule has 3 rings (SSSR count). The van der Waals surface area contributed by atoms with Gasteiger partial charge in [0.25, 0.3) is 5.91 Å². The lowest BCUT2D eigenvalue weighted by Gasteiger charge is -2.06. The summed E-state index contributed by atoms with van der Waals surface area (Å²) in [5, 5.41) is 4.47. The molecule has 0 saturated carbocycles. The maximum absolute atomic E-state index is 11.8. The van der Waals surface area contributed by atoms with Crippen molar-refractivity contribution < 1.29 is 9.21 Å². The average molecular weight is 286 g/mol. The third-order valence-corrected chi connectivity index (χ3v) is 3.24. The molecular formula is C13H10N4O2S. The van der Waals surface area contributed by atoms with Crippen LogP contribution in [0.15, 0.2) is 46.3 Å². The highest BCUT2D eigenvalue weighted by molar-refractivity contribution is 7.07. The summed E-state index contributed by atoms with van der Waals surface area (Å²) < 4.78 is 5.04. The van der Waals surface area contributed by atoms with Gasteiger partial charge in [0, 0.05) is 23.3 Å². The summed E-state index contributed by atoms with van der Waals surface area (Å²) >= 11 is 1.38. The van der Waals surface area contributed by atoms with Crippen LogP contribution in [0.4, 0.5) is 0 Å². The van der Waals surface area contributed by atoms with E-state index in [1.807, 2.05) is 0 Å². The van der Waals surface area contributed by atoms with Gasteiger partial charge in [-0.15, -0.1) is 11.3 Å². The van der Waals surface area contributed by atoms with Gasteiger partial charge in [-0.05, 0) is 6.07 Å². The molecule has 0 unspecified atom stereocenters. The van der Waals surface area contributed by atoms with Crippen LogP contribution in [0.2, 0.25) is 0 Å². The monoisotopic (exact) mass is 286 g/mol. The van der Waals surface area contributed by atoms with Crippen molar-refractivity contribution in [2.24, 2.45) is 0 Å². The number of thiazole rings is 1. The van der Waals surface area contributed by atoms with Crippen LogP contribution in [-0.2, 0) is 6.54 Å². The van der Waals surface area contributed by atoms with Crippen molar-refractivity contribution in [1.29, 1.82) is 0 Å². The molecule has 0 atom stereocenters. The van der Waals surface area contributed by atoms with E-state index in [0.717, 1.165) is 5.56 Å². The molecule has 1 amide bonds. The highest BCUT2D eigenvalue weighted by Gasteiger charge is 2.12. The van der Waals surface area contributed by atoms with Crippen molar-refractivity contribution in [2.75, 3.05) is 0 Å². The Labute approximate surface area is 118 Å². The van der Waals surface area contributed by atoms with Crippen molar-refractivity contribution in [3.63, 3.8) is 0 Å². The topological polar surface area (TPSA) is 80.9 Å². The number of nitrogens with one attached hydrogen (secondary N) is 1. The molecule has 0 aliphatic carbocycles. The molecule has 20 heavy (non-hydrogen) atoms. The van der Waals surface area contributed by atoms with E-state index in [1.54, 1.807) is 41.9 Å². The van der Waals surface area contributed by atoms with Crippen LogP contribution in [0.5, 0.6) is 0 Å². The fraction of sp³-hybridized carbons (Fsp3) is 0.0769. The lowest BCUT2D eigenvalue weighted by atomic mass is 10.2. The van der Waals surface area contributed by atoms with Crippen LogP contribution in [-0.4, -0.2) is 20.9 Å². The van der Waals surface area contributed by atoms with Crippen LogP contribution in [0.3, 0.4) is 0 Å². The molecule has 0 fully saturated rings. The largest absolute Gasteiger partial charge is 0.472 e. The Kier molecular flexibility index (Phi) is 3.51. The summed E-state index contributed by atoms with van der Waals surface area (Å²) in [7, 11) is 0. The molecule has 7 heteroatoms. The minimum Gasteiger partial charge on any atom is -0.472 e. The molecule has 0 spiro atoms. The lowest BCUT2D eigenvalue weighted by molar-refractivity contribution is 0.0946. The lowest BCUT2D eigenvalue weighted by Crippen LogP contribution is -2.24. The molecular weight excluding hydrogens is 276 g/mol. The van der Waals surface area contributed by atoms with E-state index in [0.29, 0.717) is 17.1 Å². The van der Waals surface area contributed by atoms with Crippen LogP contribution in [0.1, 0.15) is 16.2 Å². The Bertz CT molecular complexity index is 695. The average Bonchev–Trinajstić information content (AvgIpc) is 3.17. The standard InChI is InChI=1S/C13H10N4O2S/c18-13(11-7-20-8-17-11)16-5-10-12(15-3-2-14-10)9-1-4-19-6-9/h1-4,6-8H,5H2,(H,16,18). The number of aromatic nitrogens is 3. The zero-order chi connectivity index (χ0) is 13.8. The highest BCUT2D eigenvalue weighted by Crippen LogP contribution is 2.19. The van der Waals surface area contributed by atoms with E-state index in [2.05, 4.69) is 20.3 Å². The number of furan rings is 1. The van der Waals surface area contributed by atoms with Crippen molar-refractivity contribution >= 4 is 17.2 Å². The van der Waals surface area contributed by atoms with E-state index < -0.39 is 0 Å². The van der Waals surface area contributed by atoms with Crippen molar-refractivity contribution in [3.8, 4) is 11.3 Å². The number of amides is 1. The van der Waals surface area contributed by atoms with Gasteiger partial charge in [-0.1, -0.05) is 0 Å². The highest BCUT2D eigenvalue weighted by atomic mass is 32.1. The van der Waals surface area contributed by atoms with Gasteiger partial charge in [0.2, 0.25) is 0 Å². The minimum absolute atomic E-state index is 0.227. The van der Waals surface area contributed by atoms with E-state index in [9.17, 15) is 4.79 Å². The molecule has 0 aromatic carbocycles. The van der Waals surface area contributed by atoms with Gasteiger partial charge in [-0.2, -0.15) is 0 Å². The van der Waals surface area contributed by atoms with E-state index in [1.165, 1.54) is 11.3 Å². The van der Waals surface area contributed by atoms with Crippen molar-refractivity contribution in [1.82, 2.24) is 20.3 Å². The first kappa shape index (κ1) is 12.5. The number of carbonyl (C=O) groups is 1. The van der Waals surface area contributed by atoms with Gasteiger partial charge in [0.15, 0.2) is 0 Å². The van der Waals surface area contributed by atoms with Crippen LogP contribution < -0.4 is 5.32 Å². The van der Waals surface area contributed by atoms with Crippen LogP contribution in [0.25, 0.3) is 11.3 Å². The minimum atomic E-state index is -0.227. The predicted octanol–water partition coefficient (Wildman–Crippen LogP) is 2.12. The summed E-state index contributed by atoms with van der Waals surface area (Å²) in [6.45, 7) is 0.282. The number of nitrogens with zero attached hydrogens (tertiary/aromatic N) is 3. The first-order chi connectivity index (χ1) is 9.84. The zero-order valence-corrected chi connectivity index (χ0v) is 11.1. The third-order valence-electron chi connectivity index (χ3n) is 2.65. The third kappa shape index (κ3) is 2.57. The predicted molar refractivity (Wildman–Crippen MR) is 73.0 cm³/mol. The quantitative estimate of drug-likeness (QED) is 0.794. The van der Waals surface area contributed by atoms with Gasteiger partial charge >= 0.3 is 0 Å². The van der Waals surface area contributed by atoms with Crippen LogP contribution in [0, 0.1) is 0 Å². The second-order valence-corrected chi connectivity index (χ2v) is 4.64. The number of hydrogen-bond donors (Lipinski definition) is 1. The van der Waals surface area contributed by atoms with E-state index in [-0.39, 0.29) is 12.5 Å². The van der Waals surface area contributed by atoms with Gasteiger partial charge in [0.1, 0.15) is 5.69 Å². The van der Waals surface area contributed by atoms with Gasteiger partial charge in [-0.25, -0.2) is 4.98 Å². The normalized spacial score (nSPS) is 10.4. The SMILES string of the molecule is O=C(NCc1nccnc1-c1ccoc1)c1cscn1. The molecule has 0 bridgehead atoms. The second kappa shape index (κ2) is 5.62. The molecule has 1 N–H and O–H groups in total. The summed E-state index contributed by atoms with van der Waals surface area (Å²) in [4.78, 5) is 24.3. The summed E-state index contributed by atoms with van der Waals surface area (Å²) in [6.07, 6.45) is 6.36. The Morgan fingerprint density at radius 1 is 1.30 bits per heavy atom. The summed E-state index contributed by atoms with van der Waals surface area (Å²) in [5.41, 5.74) is 4.23. The number of hydrogen-bond acceptors (Lipinski definition) is 6. The van der Waals surface area contributed by atoms with Gasteiger partial charge in [0.05, 0.1) is 36.0 Å². The van der Waals surface area contributed by atoms with Crippen molar-refractivity contribution in [2.45, 2.75) is 6.54 Å². The maximum atomic E-state index is 11.8. The Balaban J connectivity index is 1.77. The van der Waals surface area contributed by atoms with E-state index in [4.69, 9.17) is 4.42 Å². The number of rotatable bonds is 4.